The summed E-state index contributed by atoms with van der Waals surface area (Å²) in [5.41, 5.74) is 1.00. The maximum Gasteiger partial charge on any atom is 0.314 e. The van der Waals surface area contributed by atoms with Gasteiger partial charge < -0.3 is 9.73 Å². The van der Waals surface area contributed by atoms with E-state index < -0.39 is 28.4 Å². The van der Waals surface area contributed by atoms with Gasteiger partial charge in [0.05, 0.1) is 17.9 Å². The van der Waals surface area contributed by atoms with Gasteiger partial charge in [0.15, 0.2) is 0 Å². The van der Waals surface area contributed by atoms with E-state index in [4.69, 9.17) is 16.0 Å². The second kappa shape index (κ2) is 9.87. The normalized spacial score (nSPS) is 12.4. The Balaban J connectivity index is 0.00000320. The monoisotopic (exact) mass is 460 g/mol. The van der Waals surface area contributed by atoms with E-state index in [1.165, 1.54) is 12.4 Å². The molecule has 0 fully saturated rings. The molecule has 0 amide bonds. The minimum absolute atomic E-state index is 0. The number of halogens is 3. The summed E-state index contributed by atoms with van der Waals surface area (Å²) in [5, 5.41) is 10.3. The van der Waals surface area contributed by atoms with E-state index in [2.05, 4.69) is 30.2 Å². The lowest BCUT2D eigenvalue weighted by Crippen LogP contribution is -2.31. The maximum atomic E-state index is 12.6. The van der Waals surface area contributed by atoms with Crippen molar-refractivity contribution in [1.29, 1.82) is 0 Å². The molecule has 162 valence electrons. The van der Waals surface area contributed by atoms with Crippen molar-refractivity contribution >= 4 is 27.6 Å². The van der Waals surface area contributed by atoms with Crippen molar-refractivity contribution in [1.82, 2.24) is 24.9 Å². The summed E-state index contributed by atoms with van der Waals surface area (Å²) in [6.45, 7) is 0.0347. The van der Waals surface area contributed by atoms with Crippen molar-refractivity contribution in [2.45, 2.75) is 19.9 Å². The summed E-state index contributed by atoms with van der Waals surface area (Å²) in [5.74, 6) is -0.755. The summed E-state index contributed by atoms with van der Waals surface area (Å²) < 4.78 is 55.3. The third kappa shape index (κ3) is 6.40. The van der Waals surface area contributed by atoms with E-state index in [1.807, 2.05) is 0 Å². The predicted octanol–water partition coefficient (Wildman–Crippen LogP) is 3.46. The number of anilines is 1. The minimum Gasteiger partial charge on any atom is -0.415 e. The second-order valence-corrected chi connectivity index (χ2v) is 8.18. The third-order valence-electron chi connectivity index (χ3n) is 3.65. The summed E-state index contributed by atoms with van der Waals surface area (Å²) >= 11 is 5.90. The highest BCUT2D eigenvalue weighted by atomic mass is 35.5. The van der Waals surface area contributed by atoms with Gasteiger partial charge in [0.1, 0.15) is 0 Å². The Morgan fingerprint density at radius 2 is 1.77 bits per heavy atom. The van der Waals surface area contributed by atoms with Crippen LogP contribution in [0, 0.1) is 0 Å². The van der Waals surface area contributed by atoms with E-state index in [0.717, 1.165) is 11.8 Å². The van der Waals surface area contributed by atoms with Crippen LogP contribution in [0.5, 0.6) is 0 Å². The van der Waals surface area contributed by atoms with Crippen LogP contribution in [0.25, 0.3) is 11.5 Å². The third-order valence-corrected chi connectivity index (χ3v) is 4.59. The number of benzene rings is 1. The molecule has 2 N–H and O–H groups in total. The SMILES string of the molecule is C.CS(=O)(=O)NCC(Nc1ncc(-c2nnc(C(F)F)o2)cn1)c1ccc(Cl)cc1. The lowest BCUT2D eigenvalue weighted by atomic mass is 10.1. The van der Waals surface area contributed by atoms with Crippen LogP contribution < -0.4 is 10.0 Å². The molecule has 0 saturated heterocycles. The average molecular weight is 461 g/mol. The molecule has 1 atom stereocenters. The van der Waals surface area contributed by atoms with E-state index >= 15 is 0 Å². The van der Waals surface area contributed by atoms with Gasteiger partial charge in [-0.1, -0.05) is 31.2 Å². The van der Waals surface area contributed by atoms with Crippen molar-refractivity contribution in [2.75, 3.05) is 18.1 Å². The molecule has 1 aromatic carbocycles. The molecule has 0 saturated carbocycles. The molecule has 2 heterocycles. The van der Waals surface area contributed by atoms with Crippen LogP contribution in [0.15, 0.2) is 41.1 Å². The molecule has 1 unspecified atom stereocenters. The molecule has 0 spiro atoms. The van der Waals surface area contributed by atoms with E-state index in [-0.39, 0.29) is 31.4 Å². The lowest BCUT2D eigenvalue weighted by molar-refractivity contribution is 0.116. The largest absolute Gasteiger partial charge is 0.415 e. The van der Waals surface area contributed by atoms with Crippen molar-refractivity contribution < 1.29 is 21.6 Å². The quantitative estimate of drug-likeness (QED) is 0.524. The first-order valence-corrected chi connectivity index (χ1v) is 10.4. The molecule has 3 aromatic rings. The fraction of sp³-hybridized carbons (Fsp3) is 0.294. The molecular weight excluding hydrogens is 442 g/mol. The van der Waals surface area contributed by atoms with Crippen LogP contribution in [0.2, 0.25) is 5.02 Å². The van der Waals surface area contributed by atoms with Gasteiger partial charge in [-0.15, -0.1) is 10.2 Å². The van der Waals surface area contributed by atoms with Crippen LogP contribution >= 0.6 is 11.6 Å². The van der Waals surface area contributed by atoms with Gasteiger partial charge in [0, 0.05) is 24.0 Å². The van der Waals surface area contributed by atoms with Crippen LogP contribution in [-0.4, -0.2) is 41.4 Å². The number of alkyl halides is 2. The van der Waals surface area contributed by atoms with Crippen molar-refractivity contribution in [3.8, 4) is 11.5 Å². The summed E-state index contributed by atoms with van der Waals surface area (Å²) in [6, 6.07) is 6.32. The Hall–Kier alpha value is -2.70. The molecule has 2 aromatic heterocycles. The van der Waals surface area contributed by atoms with Gasteiger partial charge in [0.25, 0.3) is 11.8 Å². The lowest BCUT2D eigenvalue weighted by Gasteiger charge is -2.19. The zero-order chi connectivity index (χ0) is 21.0. The molecule has 0 bridgehead atoms. The smallest absolute Gasteiger partial charge is 0.314 e. The molecule has 0 aliphatic rings. The molecular formula is C17H19ClF2N6O3S. The van der Waals surface area contributed by atoms with E-state index in [9.17, 15) is 17.2 Å². The molecule has 0 aliphatic carbocycles. The summed E-state index contributed by atoms with van der Waals surface area (Å²) in [7, 11) is -3.42. The van der Waals surface area contributed by atoms with Gasteiger partial charge in [-0.3, -0.25) is 0 Å². The van der Waals surface area contributed by atoms with Crippen LogP contribution in [0.3, 0.4) is 0 Å². The number of nitrogens with zero attached hydrogens (tertiary/aromatic N) is 4. The fourth-order valence-corrected chi connectivity index (χ4v) is 2.89. The standard InChI is InChI=1S/C16H15ClF2N6O3S.CH4/c1-29(26,27)22-8-12(9-2-4-11(17)5-3-9)23-16-20-6-10(7-21-16)14-24-25-15(28-14)13(18)19;/h2-7,12-13,22H,8H2,1H3,(H,20,21,23);1H4. The highest BCUT2D eigenvalue weighted by Gasteiger charge is 2.18. The number of hydrogen-bond donors (Lipinski definition) is 2. The predicted molar refractivity (Wildman–Crippen MR) is 108 cm³/mol. The number of rotatable bonds is 8. The van der Waals surface area contributed by atoms with Crippen LogP contribution in [0.4, 0.5) is 14.7 Å². The number of aromatic nitrogens is 4. The van der Waals surface area contributed by atoms with Crippen LogP contribution in [0.1, 0.15) is 31.3 Å². The Morgan fingerprint density at radius 1 is 1.13 bits per heavy atom. The average Bonchev–Trinajstić information content (AvgIpc) is 3.16. The molecule has 9 nitrogen and oxygen atoms in total. The highest BCUT2D eigenvalue weighted by molar-refractivity contribution is 7.88. The second-order valence-electron chi connectivity index (χ2n) is 5.91. The van der Waals surface area contributed by atoms with Crippen molar-refractivity contribution in [2.24, 2.45) is 0 Å². The molecule has 0 radical (unpaired) electrons. The summed E-state index contributed by atoms with van der Waals surface area (Å²) in [4.78, 5) is 8.19. The topological polar surface area (TPSA) is 123 Å². The molecule has 13 heteroatoms. The zero-order valence-electron chi connectivity index (χ0n) is 14.9. The maximum absolute atomic E-state index is 12.6. The number of hydrogen-bond acceptors (Lipinski definition) is 8. The van der Waals surface area contributed by atoms with E-state index in [0.29, 0.717) is 5.02 Å². The first-order chi connectivity index (χ1) is 13.7. The van der Waals surface area contributed by atoms with E-state index in [1.54, 1.807) is 24.3 Å². The van der Waals surface area contributed by atoms with Gasteiger partial charge in [-0.25, -0.2) is 23.1 Å². The Kier molecular flexibility index (Phi) is 7.76. The van der Waals surface area contributed by atoms with Gasteiger partial charge >= 0.3 is 6.43 Å². The first-order valence-electron chi connectivity index (χ1n) is 8.12. The molecule has 0 aliphatic heterocycles. The van der Waals surface area contributed by atoms with Crippen LogP contribution in [-0.2, 0) is 10.0 Å². The Labute approximate surface area is 177 Å². The fourth-order valence-electron chi connectivity index (χ4n) is 2.29. The highest BCUT2D eigenvalue weighted by Crippen LogP contribution is 2.23. The van der Waals surface area contributed by atoms with Crippen molar-refractivity contribution in [3.05, 3.63) is 53.1 Å². The molecule has 3 rings (SSSR count). The minimum atomic E-state index is -3.42. The number of sulfonamides is 1. The van der Waals surface area contributed by atoms with Gasteiger partial charge in [0.2, 0.25) is 16.0 Å². The van der Waals surface area contributed by atoms with Gasteiger partial charge in [-0.05, 0) is 17.7 Å². The Morgan fingerprint density at radius 3 is 2.30 bits per heavy atom. The van der Waals surface area contributed by atoms with Crippen molar-refractivity contribution in [3.63, 3.8) is 0 Å². The molecule has 30 heavy (non-hydrogen) atoms. The first kappa shape index (κ1) is 23.6. The Bertz CT molecular complexity index is 1060. The number of nitrogens with one attached hydrogen (secondary N) is 2. The zero-order valence-corrected chi connectivity index (χ0v) is 16.5. The van der Waals surface area contributed by atoms with Gasteiger partial charge in [-0.2, -0.15) is 8.78 Å². The summed E-state index contributed by atoms with van der Waals surface area (Å²) in [6.07, 6.45) is 0.817.